The van der Waals surface area contributed by atoms with Gasteiger partial charge in [-0.2, -0.15) is 13.2 Å². The first-order valence-electron chi connectivity index (χ1n) is 11.1. The maximum Gasteiger partial charge on any atom is 0.416 e. The molecular formula is C25H26F3N3O2. The van der Waals surface area contributed by atoms with E-state index in [9.17, 15) is 18.0 Å². The third-order valence-electron chi connectivity index (χ3n) is 5.73. The van der Waals surface area contributed by atoms with E-state index < -0.39 is 11.7 Å². The van der Waals surface area contributed by atoms with Crippen molar-refractivity contribution >= 4 is 0 Å². The lowest BCUT2D eigenvalue weighted by Gasteiger charge is -2.27. The van der Waals surface area contributed by atoms with E-state index in [0.29, 0.717) is 48.8 Å². The summed E-state index contributed by atoms with van der Waals surface area (Å²) >= 11 is 0. The van der Waals surface area contributed by atoms with Crippen LogP contribution in [0.4, 0.5) is 13.2 Å². The minimum absolute atomic E-state index is 0.251. The van der Waals surface area contributed by atoms with Crippen molar-refractivity contribution in [3.8, 4) is 17.1 Å². The Hall–Kier alpha value is -3.13. The second kappa shape index (κ2) is 9.79. The average molecular weight is 457 g/mol. The normalized spacial score (nSPS) is 14.2. The van der Waals surface area contributed by atoms with Gasteiger partial charge in [-0.15, -0.1) is 0 Å². The molecule has 5 nitrogen and oxygen atoms in total. The molecule has 33 heavy (non-hydrogen) atoms. The van der Waals surface area contributed by atoms with Gasteiger partial charge in [-0.05, 0) is 36.2 Å². The number of rotatable bonds is 7. The highest BCUT2D eigenvalue weighted by Crippen LogP contribution is 2.30. The van der Waals surface area contributed by atoms with Crippen molar-refractivity contribution in [1.82, 2.24) is 14.9 Å². The van der Waals surface area contributed by atoms with Gasteiger partial charge in [-0.25, -0.2) is 4.98 Å². The van der Waals surface area contributed by atoms with Gasteiger partial charge >= 0.3 is 6.18 Å². The number of nitrogens with zero attached hydrogens (tertiary/aromatic N) is 2. The van der Waals surface area contributed by atoms with Crippen molar-refractivity contribution in [2.45, 2.75) is 45.5 Å². The number of aromatic amines is 1. The number of alkyl halides is 3. The predicted octanol–water partition coefficient (Wildman–Crippen LogP) is 5.19. The van der Waals surface area contributed by atoms with Crippen LogP contribution in [0, 0.1) is 0 Å². The molecule has 174 valence electrons. The molecule has 0 unspecified atom stereocenters. The standard InChI is InChI=1S/C25H26F3N3O2/c1-2-3-14-33-20-10-4-17(5-11-20)15-31-13-12-22-21(16-31)24(32)30-23(29-22)18-6-8-19(9-7-18)25(26,27)28/h4-11H,2-3,12-16H2,1H3,(H,29,30,32). The molecule has 0 bridgehead atoms. The summed E-state index contributed by atoms with van der Waals surface area (Å²) in [4.78, 5) is 22.2. The van der Waals surface area contributed by atoms with Gasteiger partial charge in [0.2, 0.25) is 0 Å². The summed E-state index contributed by atoms with van der Waals surface area (Å²) in [7, 11) is 0. The fourth-order valence-electron chi connectivity index (χ4n) is 3.85. The molecule has 0 amide bonds. The molecule has 0 atom stereocenters. The molecule has 4 rings (SSSR count). The SMILES string of the molecule is CCCCOc1ccc(CN2CCc3nc(-c4ccc(C(F)(F)F)cc4)[nH]c(=O)c3C2)cc1. The van der Waals surface area contributed by atoms with E-state index in [1.165, 1.54) is 12.1 Å². The summed E-state index contributed by atoms with van der Waals surface area (Å²) in [5.74, 6) is 1.15. The third-order valence-corrected chi connectivity index (χ3v) is 5.73. The number of aromatic nitrogens is 2. The minimum Gasteiger partial charge on any atom is -0.494 e. The van der Waals surface area contributed by atoms with Gasteiger partial charge in [0, 0.05) is 31.6 Å². The van der Waals surface area contributed by atoms with Crippen LogP contribution in [0.5, 0.6) is 5.75 Å². The average Bonchev–Trinajstić information content (AvgIpc) is 2.80. The number of halogens is 3. The molecule has 0 radical (unpaired) electrons. The molecule has 1 aliphatic heterocycles. The monoisotopic (exact) mass is 457 g/mol. The molecule has 3 aromatic rings. The molecule has 0 fully saturated rings. The molecule has 8 heteroatoms. The van der Waals surface area contributed by atoms with Crippen molar-refractivity contribution in [2.75, 3.05) is 13.2 Å². The lowest BCUT2D eigenvalue weighted by molar-refractivity contribution is -0.137. The van der Waals surface area contributed by atoms with E-state index in [4.69, 9.17) is 4.74 Å². The van der Waals surface area contributed by atoms with Crippen LogP contribution < -0.4 is 10.3 Å². The van der Waals surface area contributed by atoms with Crippen molar-refractivity contribution in [1.29, 1.82) is 0 Å². The highest BCUT2D eigenvalue weighted by Gasteiger charge is 2.30. The summed E-state index contributed by atoms with van der Waals surface area (Å²) in [6.07, 6.45) is -1.68. The van der Waals surface area contributed by atoms with Crippen LogP contribution in [0.15, 0.2) is 53.3 Å². The molecule has 0 spiro atoms. The van der Waals surface area contributed by atoms with E-state index in [1.807, 2.05) is 24.3 Å². The fraction of sp³-hybridized carbons (Fsp3) is 0.360. The molecule has 1 aromatic heterocycles. The van der Waals surface area contributed by atoms with Gasteiger partial charge in [0.05, 0.1) is 23.4 Å². The van der Waals surface area contributed by atoms with Crippen LogP contribution in [-0.4, -0.2) is 28.0 Å². The highest BCUT2D eigenvalue weighted by molar-refractivity contribution is 5.56. The fourth-order valence-corrected chi connectivity index (χ4v) is 3.85. The summed E-state index contributed by atoms with van der Waals surface area (Å²) < 4.78 is 44.1. The minimum atomic E-state index is -4.40. The van der Waals surface area contributed by atoms with E-state index in [-0.39, 0.29) is 5.56 Å². The molecule has 1 aliphatic rings. The number of benzene rings is 2. The Bertz CT molecular complexity index is 1140. The van der Waals surface area contributed by atoms with Crippen LogP contribution in [-0.2, 0) is 25.7 Å². The summed E-state index contributed by atoms with van der Waals surface area (Å²) in [6, 6.07) is 12.7. The van der Waals surface area contributed by atoms with E-state index in [0.717, 1.165) is 42.8 Å². The summed E-state index contributed by atoms with van der Waals surface area (Å²) in [5, 5.41) is 0. The smallest absolute Gasteiger partial charge is 0.416 e. The predicted molar refractivity (Wildman–Crippen MR) is 120 cm³/mol. The molecule has 2 heterocycles. The van der Waals surface area contributed by atoms with Crippen LogP contribution in [0.3, 0.4) is 0 Å². The van der Waals surface area contributed by atoms with Gasteiger partial charge in [-0.1, -0.05) is 37.6 Å². The van der Waals surface area contributed by atoms with Gasteiger partial charge in [0.25, 0.3) is 5.56 Å². The maximum atomic E-state index is 12.8. The third kappa shape index (κ3) is 5.63. The molecule has 2 aromatic carbocycles. The Morgan fingerprint density at radius 1 is 1.09 bits per heavy atom. The Morgan fingerprint density at radius 2 is 1.82 bits per heavy atom. The zero-order valence-corrected chi connectivity index (χ0v) is 18.4. The Balaban J connectivity index is 1.44. The summed E-state index contributed by atoms with van der Waals surface area (Å²) in [5.41, 5.74) is 1.90. The number of hydrogen-bond acceptors (Lipinski definition) is 4. The topological polar surface area (TPSA) is 58.2 Å². The van der Waals surface area contributed by atoms with E-state index in [1.54, 1.807) is 0 Å². The molecule has 1 N–H and O–H groups in total. The number of nitrogens with one attached hydrogen (secondary N) is 1. The van der Waals surface area contributed by atoms with E-state index in [2.05, 4.69) is 21.8 Å². The van der Waals surface area contributed by atoms with Crippen molar-refractivity contribution in [2.24, 2.45) is 0 Å². The van der Waals surface area contributed by atoms with Gasteiger partial charge in [-0.3, -0.25) is 9.69 Å². The number of hydrogen-bond donors (Lipinski definition) is 1. The highest BCUT2D eigenvalue weighted by atomic mass is 19.4. The van der Waals surface area contributed by atoms with Crippen LogP contribution in [0.2, 0.25) is 0 Å². The first-order valence-corrected chi connectivity index (χ1v) is 11.1. The quantitative estimate of drug-likeness (QED) is 0.496. The van der Waals surface area contributed by atoms with Crippen LogP contribution in [0.1, 0.15) is 42.1 Å². The first-order chi connectivity index (χ1) is 15.8. The first kappa shape index (κ1) is 23.0. The lowest BCUT2D eigenvalue weighted by Crippen LogP contribution is -2.35. The molecule has 0 aliphatic carbocycles. The second-order valence-corrected chi connectivity index (χ2v) is 8.22. The number of ether oxygens (including phenoxy) is 1. The van der Waals surface area contributed by atoms with Crippen molar-refractivity contribution in [3.05, 3.63) is 81.3 Å². The van der Waals surface area contributed by atoms with Crippen LogP contribution in [0.25, 0.3) is 11.4 Å². The maximum absolute atomic E-state index is 12.8. The van der Waals surface area contributed by atoms with E-state index >= 15 is 0 Å². The molecule has 0 saturated heterocycles. The van der Waals surface area contributed by atoms with Gasteiger partial charge < -0.3 is 9.72 Å². The van der Waals surface area contributed by atoms with Crippen molar-refractivity contribution in [3.63, 3.8) is 0 Å². The number of fused-ring (bicyclic) bond motifs is 1. The largest absolute Gasteiger partial charge is 0.494 e. The number of H-pyrrole nitrogens is 1. The Morgan fingerprint density at radius 3 is 2.48 bits per heavy atom. The van der Waals surface area contributed by atoms with Crippen LogP contribution >= 0.6 is 0 Å². The number of unbranched alkanes of at least 4 members (excludes halogenated alkanes) is 1. The Labute approximate surface area is 190 Å². The molecule has 0 saturated carbocycles. The van der Waals surface area contributed by atoms with Gasteiger partial charge in [0.15, 0.2) is 0 Å². The second-order valence-electron chi connectivity index (χ2n) is 8.22. The zero-order chi connectivity index (χ0) is 23.4. The van der Waals surface area contributed by atoms with Gasteiger partial charge in [0.1, 0.15) is 11.6 Å². The molecular weight excluding hydrogens is 431 g/mol. The summed E-state index contributed by atoms with van der Waals surface area (Å²) in [6.45, 7) is 4.75. The Kier molecular flexibility index (Phi) is 6.83. The van der Waals surface area contributed by atoms with Crippen molar-refractivity contribution < 1.29 is 17.9 Å². The zero-order valence-electron chi connectivity index (χ0n) is 18.4. The lowest BCUT2D eigenvalue weighted by atomic mass is 10.0.